The third-order valence-corrected chi connectivity index (χ3v) is 5.75. The Kier molecular flexibility index (Phi) is 3.57. The monoisotopic (exact) mass is 353 g/mol. The molecular formula is C20H20BrN. The number of nitrogens with one attached hydrogen (secondary N) is 1. The van der Waals surface area contributed by atoms with Gasteiger partial charge in [0.1, 0.15) is 0 Å². The van der Waals surface area contributed by atoms with Gasteiger partial charge in [-0.15, -0.1) is 0 Å². The zero-order valence-corrected chi connectivity index (χ0v) is 14.3. The molecule has 4 rings (SSSR count). The molecule has 1 aliphatic heterocycles. The normalized spacial score (nSPS) is 25.5. The predicted octanol–water partition coefficient (Wildman–Crippen LogP) is 5.84. The van der Waals surface area contributed by atoms with Crippen molar-refractivity contribution >= 4 is 21.6 Å². The Hall–Kier alpha value is -1.54. The minimum Gasteiger partial charge on any atom is -0.377 e. The van der Waals surface area contributed by atoms with E-state index in [2.05, 4.69) is 82.8 Å². The largest absolute Gasteiger partial charge is 0.377 e. The second-order valence-corrected chi connectivity index (χ2v) is 7.13. The lowest BCUT2D eigenvalue weighted by atomic mass is 9.77. The van der Waals surface area contributed by atoms with Crippen LogP contribution >= 0.6 is 15.9 Å². The zero-order valence-electron chi connectivity index (χ0n) is 12.7. The number of halogens is 1. The van der Waals surface area contributed by atoms with Crippen molar-refractivity contribution in [2.24, 2.45) is 5.92 Å². The predicted molar refractivity (Wildman–Crippen MR) is 96.3 cm³/mol. The Bertz CT molecular complexity index is 717. The van der Waals surface area contributed by atoms with Crippen molar-refractivity contribution in [1.29, 1.82) is 0 Å². The molecule has 0 amide bonds. The fraction of sp³-hybridized carbons (Fsp3) is 0.300. The molecule has 0 unspecified atom stereocenters. The third kappa shape index (κ3) is 2.21. The van der Waals surface area contributed by atoms with Gasteiger partial charge in [-0.3, -0.25) is 0 Å². The summed E-state index contributed by atoms with van der Waals surface area (Å²) in [6, 6.07) is 16.1. The van der Waals surface area contributed by atoms with E-state index >= 15 is 0 Å². The van der Waals surface area contributed by atoms with Gasteiger partial charge >= 0.3 is 0 Å². The van der Waals surface area contributed by atoms with E-state index in [0.717, 1.165) is 12.8 Å². The average molecular weight is 354 g/mol. The molecule has 0 fully saturated rings. The summed E-state index contributed by atoms with van der Waals surface area (Å²) >= 11 is 3.72. The van der Waals surface area contributed by atoms with E-state index in [0.29, 0.717) is 17.9 Å². The molecule has 0 saturated heterocycles. The smallest absolute Gasteiger partial charge is 0.0554 e. The quantitative estimate of drug-likeness (QED) is 0.668. The van der Waals surface area contributed by atoms with Crippen LogP contribution in [0.2, 0.25) is 0 Å². The lowest BCUT2D eigenvalue weighted by molar-refractivity contribution is 0.425. The van der Waals surface area contributed by atoms with Gasteiger partial charge in [-0.05, 0) is 57.4 Å². The first-order valence-corrected chi connectivity index (χ1v) is 8.87. The Morgan fingerprint density at radius 1 is 1.14 bits per heavy atom. The Morgan fingerprint density at radius 3 is 2.73 bits per heavy atom. The fourth-order valence-electron chi connectivity index (χ4n) is 3.87. The van der Waals surface area contributed by atoms with Gasteiger partial charge < -0.3 is 5.32 Å². The Morgan fingerprint density at radius 2 is 1.95 bits per heavy atom. The van der Waals surface area contributed by atoms with Gasteiger partial charge in [0, 0.05) is 10.4 Å². The summed E-state index contributed by atoms with van der Waals surface area (Å²) in [6.07, 6.45) is 6.99. The number of hydrogen-bond acceptors (Lipinski definition) is 1. The van der Waals surface area contributed by atoms with Gasteiger partial charge in [-0.1, -0.05) is 55.5 Å². The van der Waals surface area contributed by atoms with E-state index < -0.39 is 0 Å². The van der Waals surface area contributed by atoms with Crippen LogP contribution in [0.1, 0.15) is 42.0 Å². The van der Waals surface area contributed by atoms with Crippen LogP contribution in [0.5, 0.6) is 0 Å². The molecule has 2 aliphatic rings. The van der Waals surface area contributed by atoms with Crippen LogP contribution in [0.15, 0.2) is 59.1 Å². The SMILES string of the molecule is CCc1ccc([C@@H]2Nc3c(Br)cccc3[C@H]3C=CC[C@@H]32)cc1. The first-order chi connectivity index (χ1) is 10.8. The Labute approximate surface area is 140 Å². The summed E-state index contributed by atoms with van der Waals surface area (Å²) in [4.78, 5) is 0. The van der Waals surface area contributed by atoms with Crippen molar-refractivity contribution in [2.45, 2.75) is 31.7 Å². The van der Waals surface area contributed by atoms with Crippen LogP contribution in [0.4, 0.5) is 5.69 Å². The van der Waals surface area contributed by atoms with E-state index in [1.807, 2.05) is 0 Å². The number of para-hydroxylation sites is 1. The molecule has 2 aromatic rings. The van der Waals surface area contributed by atoms with Crippen molar-refractivity contribution in [1.82, 2.24) is 0 Å². The maximum absolute atomic E-state index is 3.80. The molecule has 22 heavy (non-hydrogen) atoms. The van der Waals surface area contributed by atoms with Crippen molar-refractivity contribution in [2.75, 3.05) is 5.32 Å². The molecule has 0 bridgehead atoms. The molecule has 2 heteroatoms. The molecule has 1 aliphatic carbocycles. The van der Waals surface area contributed by atoms with Gasteiger partial charge in [0.15, 0.2) is 0 Å². The number of benzene rings is 2. The molecule has 112 valence electrons. The van der Waals surface area contributed by atoms with Crippen LogP contribution < -0.4 is 5.32 Å². The summed E-state index contributed by atoms with van der Waals surface area (Å²) in [5, 5.41) is 3.80. The molecular weight excluding hydrogens is 334 g/mol. The van der Waals surface area contributed by atoms with E-state index in [9.17, 15) is 0 Å². The van der Waals surface area contributed by atoms with Crippen molar-refractivity contribution in [3.63, 3.8) is 0 Å². The van der Waals surface area contributed by atoms with Gasteiger partial charge in [0.2, 0.25) is 0 Å². The topological polar surface area (TPSA) is 12.0 Å². The van der Waals surface area contributed by atoms with Crippen LogP contribution in [0, 0.1) is 5.92 Å². The highest BCUT2D eigenvalue weighted by molar-refractivity contribution is 9.10. The van der Waals surface area contributed by atoms with E-state index in [-0.39, 0.29) is 0 Å². The first kappa shape index (κ1) is 14.1. The minimum absolute atomic E-state index is 0.386. The molecule has 1 heterocycles. The van der Waals surface area contributed by atoms with Crippen LogP contribution in [-0.2, 0) is 6.42 Å². The summed E-state index contributed by atoms with van der Waals surface area (Å²) in [6.45, 7) is 2.21. The second-order valence-electron chi connectivity index (χ2n) is 6.27. The highest BCUT2D eigenvalue weighted by Crippen LogP contribution is 2.51. The van der Waals surface area contributed by atoms with Crippen LogP contribution in [0.3, 0.4) is 0 Å². The van der Waals surface area contributed by atoms with E-state index in [1.54, 1.807) is 0 Å². The number of hydrogen-bond donors (Lipinski definition) is 1. The lowest BCUT2D eigenvalue weighted by Crippen LogP contribution is -2.29. The molecule has 1 nitrogen and oxygen atoms in total. The number of aryl methyl sites for hydroxylation is 1. The average Bonchev–Trinajstić information content (AvgIpc) is 3.05. The molecule has 3 atom stereocenters. The molecule has 1 N–H and O–H groups in total. The summed E-state index contributed by atoms with van der Waals surface area (Å²) < 4.78 is 1.17. The summed E-state index contributed by atoms with van der Waals surface area (Å²) in [7, 11) is 0. The fourth-order valence-corrected chi connectivity index (χ4v) is 4.37. The number of fused-ring (bicyclic) bond motifs is 3. The molecule has 0 radical (unpaired) electrons. The Balaban J connectivity index is 1.76. The molecule has 2 aromatic carbocycles. The van der Waals surface area contributed by atoms with Gasteiger partial charge in [-0.25, -0.2) is 0 Å². The zero-order chi connectivity index (χ0) is 15.1. The number of rotatable bonds is 2. The summed E-state index contributed by atoms with van der Waals surface area (Å²) in [5.41, 5.74) is 5.49. The third-order valence-electron chi connectivity index (χ3n) is 5.09. The van der Waals surface area contributed by atoms with Gasteiger partial charge in [0.05, 0.1) is 11.7 Å². The first-order valence-electron chi connectivity index (χ1n) is 8.08. The van der Waals surface area contributed by atoms with Crippen molar-refractivity contribution in [3.8, 4) is 0 Å². The maximum Gasteiger partial charge on any atom is 0.0554 e. The standard InChI is InChI=1S/C20H20BrN/c1-2-13-9-11-14(12-10-13)19-16-6-3-5-15(16)17-7-4-8-18(21)20(17)22-19/h3-5,7-12,15-16,19,22H,2,6H2,1H3/t15-,16-,19-/m0/s1. The van der Waals surface area contributed by atoms with E-state index in [1.165, 1.54) is 26.9 Å². The maximum atomic E-state index is 3.80. The molecule has 0 aromatic heterocycles. The summed E-state index contributed by atoms with van der Waals surface area (Å²) in [5.74, 6) is 1.15. The highest BCUT2D eigenvalue weighted by atomic mass is 79.9. The number of allylic oxidation sites excluding steroid dienone is 2. The molecule has 0 saturated carbocycles. The minimum atomic E-state index is 0.386. The highest BCUT2D eigenvalue weighted by Gasteiger charge is 2.38. The number of anilines is 1. The van der Waals surface area contributed by atoms with E-state index in [4.69, 9.17) is 0 Å². The van der Waals surface area contributed by atoms with Crippen LogP contribution in [0.25, 0.3) is 0 Å². The van der Waals surface area contributed by atoms with Gasteiger partial charge in [0.25, 0.3) is 0 Å². The second kappa shape index (κ2) is 5.58. The molecule has 0 spiro atoms. The van der Waals surface area contributed by atoms with Crippen LogP contribution in [-0.4, -0.2) is 0 Å². The van der Waals surface area contributed by atoms with Crippen molar-refractivity contribution in [3.05, 3.63) is 75.8 Å². The lowest BCUT2D eigenvalue weighted by Gasteiger charge is -2.38. The van der Waals surface area contributed by atoms with Crippen molar-refractivity contribution < 1.29 is 0 Å². The van der Waals surface area contributed by atoms with Gasteiger partial charge in [-0.2, -0.15) is 0 Å².